The lowest BCUT2D eigenvalue weighted by molar-refractivity contribution is -0.141. The maximum absolute atomic E-state index is 11.3. The molecule has 0 radical (unpaired) electrons. The zero-order valence-corrected chi connectivity index (χ0v) is 13.2. The second kappa shape index (κ2) is 6.44. The predicted octanol–water partition coefficient (Wildman–Crippen LogP) is 1.47. The number of likely N-dealkylation sites (N-methyl/N-ethyl adjacent to an activating group) is 1. The number of nitrogens with two attached hydrogens (primary N) is 1. The summed E-state index contributed by atoms with van der Waals surface area (Å²) in [4.78, 5) is 24.5. The van der Waals surface area contributed by atoms with Crippen molar-refractivity contribution in [2.24, 2.45) is 11.7 Å². The van der Waals surface area contributed by atoms with E-state index in [-0.39, 0.29) is 12.6 Å². The molecule has 7 heteroatoms. The van der Waals surface area contributed by atoms with Gasteiger partial charge in [-0.2, -0.15) is 0 Å². The highest BCUT2D eigenvalue weighted by Gasteiger charge is 2.37. The Morgan fingerprint density at radius 1 is 1.48 bits per heavy atom. The van der Waals surface area contributed by atoms with Gasteiger partial charge in [0, 0.05) is 16.7 Å². The van der Waals surface area contributed by atoms with Crippen molar-refractivity contribution in [2.75, 3.05) is 24.7 Å². The smallest absolute Gasteiger partial charge is 0.311 e. The number of amides is 1. The molecule has 114 valence electrons. The number of primary amides is 1. The number of nitrogens with zero attached hydrogens (tertiary/aromatic N) is 1. The SMILES string of the molecule is CCN(c1ccc(C(N)=O)c(Br)c1)C1COCC1C(=O)O. The largest absolute Gasteiger partial charge is 0.481 e. The van der Waals surface area contributed by atoms with E-state index in [1.54, 1.807) is 18.2 Å². The topological polar surface area (TPSA) is 92.9 Å². The van der Waals surface area contributed by atoms with E-state index in [9.17, 15) is 14.7 Å². The summed E-state index contributed by atoms with van der Waals surface area (Å²) in [5.74, 6) is -1.92. The molecule has 1 fully saturated rings. The zero-order valence-electron chi connectivity index (χ0n) is 11.6. The van der Waals surface area contributed by atoms with E-state index in [2.05, 4.69) is 15.9 Å². The summed E-state index contributed by atoms with van der Waals surface area (Å²) in [6.45, 7) is 3.18. The zero-order chi connectivity index (χ0) is 15.6. The van der Waals surface area contributed by atoms with Crippen LogP contribution in [-0.4, -0.2) is 42.8 Å². The number of ether oxygens (including phenoxy) is 1. The van der Waals surface area contributed by atoms with Crippen molar-refractivity contribution in [2.45, 2.75) is 13.0 Å². The molecule has 1 amide bonds. The standard InChI is InChI=1S/C14H17BrN2O4/c1-2-17(12-7-21-6-10(12)14(19)20)8-3-4-9(13(16)18)11(15)5-8/h3-5,10,12H,2,6-7H2,1H3,(H2,16,18)(H,19,20). The van der Waals surface area contributed by atoms with Gasteiger partial charge in [-0.25, -0.2) is 0 Å². The fourth-order valence-corrected chi connectivity index (χ4v) is 3.14. The van der Waals surface area contributed by atoms with Gasteiger partial charge < -0.3 is 20.5 Å². The lowest BCUT2D eigenvalue weighted by atomic mass is 10.0. The van der Waals surface area contributed by atoms with Crippen molar-refractivity contribution in [3.05, 3.63) is 28.2 Å². The van der Waals surface area contributed by atoms with Gasteiger partial charge in [-0.15, -0.1) is 0 Å². The molecule has 0 saturated carbocycles. The second-order valence-electron chi connectivity index (χ2n) is 4.86. The fraction of sp³-hybridized carbons (Fsp3) is 0.429. The van der Waals surface area contributed by atoms with Crippen molar-refractivity contribution in [3.63, 3.8) is 0 Å². The van der Waals surface area contributed by atoms with E-state index in [1.165, 1.54) is 0 Å². The van der Waals surface area contributed by atoms with Crippen LogP contribution in [-0.2, 0) is 9.53 Å². The van der Waals surface area contributed by atoms with Gasteiger partial charge in [0.05, 0.1) is 24.8 Å². The molecule has 0 aliphatic carbocycles. The summed E-state index contributed by atoms with van der Waals surface area (Å²) in [6.07, 6.45) is 0. The Kier molecular flexibility index (Phi) is 4.84. The molecule has 0 spiro atoms. The Balaban J connectivity index is 2.31. The van der Waals surface area contributed by atoms with Crippen LogP contribution in [0.25, 0.3) is 0 Å². The summed E-state index contributed by atoms with van der Waals surface area (Å²) < 4.78 is 5.91. The molecule has 1 heterocycles. The fourth-order valence-electron chi connectivity index (χ4n) is 2.58. The Morgan fingerprint density at radius 3 is 2.71 bits per heavy atom. The average Bonchev–Trinajstić information content (AvgIpc) is 2.88. The Bertz CT molecular complexity index is 564. The molecule has 2 unspecified atom stereocenters. The van der Waals surface area contributed by atoms with Crippen LogP contribution in [0.4, 0.5) is 5.69 Å². The van der Waals surface area contributed by atoms with Gasteiger partial charge in [0.2, 0.25) is 5.91 Å². The molecule has 1 aliphatic heterocycles. The Labute approximate surface area is 131 Å². The predicted molar refractivity (Wildman–Crippen MR) is 81.4 cm³/mol. The normalized spacial score (nSPS) is 21.2. The number of halogens is 1. The van der Waals surface area contributed by atoms with Gasteiger partial charge in [-0.05, 0) is 41.1 Å². The maximum Gasteiger partial charge on any atom is 0.311 e. The van der Waals surface area contributed by atoms with Crippen LogP contribution < -0.4 is 10.6 Å². The highest BCUT2D eigenvalue weighted by molar-refractivity contribution is 9.10. The average molecular weight is 357 g/mol. The molecule has 0 bridgehead atoms. The van der Waals surface area contributed by atoms with Crippen LogP contribution >= 0.6 is 15.9 Å². The van der Waals surface area contributed by atoms with Gasteiger partial charge >= 0.3 is 5.97 Å². The van der Waals surface area contributed by atoms with Crippen LogP contribution in [0.3, 0.4) is 0 Å². The summed E-state index contributed by atoms with van der Waals surface area (Å²) in [6, 6.07) is 4.96. The lowest BCUT2D eigenvalue weighted by Gasteiger charge is -2.31. The van der Waals surface area contributed by atoms with E-state index in [4.69, 9.17) is 10.5 Å². The number of carboxylic acid groups (broad SMARTS) is 1. The quantitative estimate of drug-likeness (QED) is 0.833. The lowest BCUT2D eigenvalue weighted by Crippen LogP contribution is -2.43. The molecule has 21 heavy (non-hydrogen) atoms. The number of benzene rings is 1. The molecule has 2 atom stereocenters. The van der Waals surface area contributed by atoms with Crippen LogP contribution in [0.1, 0.15) is 17.3 Å². The van der Waals surface area contributed by atoms with E-state index >= 15 is 0 Å². The Morgan fingerprint density at radius 2 is 2.19 bits per heavy atom. The molecule has 0 aromatic heterocycles. The third-order valence-electron chi connectivity index (χ3n) is 3.66. The number of anilines is 1. The molecular weight excluding hydrogens is 340 g/mol. The summed E-state index contributed by atoms with van der Waals surface area (Å²) in [5, 5.41) is 9.27. The van der Waals surface area contributed by atoms with E-state index in [0.29, 0.717) is 23.2 Å². The van der Waals surface area contributed by atoms with Crippen molar-refractivity contribution < 1.29 is 19.4 Å². The Hall–Kier alpha value is -1.60. The van der Waals surface area contributed by atoms with Crippen LogP contribution in [0.5, 0.6) is 0 Å². The first-order chi connectivity index (χ1) is 9.95. The maximum atomic E-state index is 11.3. The van der Waals surface area contributed by atoms with Crippen molar-refractivity contribution in [1.29, 1.82) is 0 Å². The minimum atomic E-state index is -0.858. The van der Waals surface area contributed by atoms with E-state index in [1.807, 2.05) is 11.8 Å². The minimum absolute atomic E-state index is 0.219. The van der Waals surface area contributed by atoms with Gasteiger partial charge in [0.15, 0.2) is 0 Å². The van der Waals surface area contributed by atoms with E-state index < -0.39 is 17.8 Å². The molecule has 2 rings (SSSR count). The van der Waals surface area contributed by atoms with Crippen LogP contribution in [0, 0.1) is 5.92 Å². The highest BCUT2D eigenvalue weighted by Crippen LogP contribution is 2.29. The van der Waals surface area contributed by atoms with Crippen LogP contribution in [0.2, 0.25) is 0 Å². The summed E-state index contributed by atoms with van der Waals surface area (Å²) >= 11 is 3.32. The second-order valence-corrected chi connectivity index (χ2v) is 5.72. The first-order valence-corrected chi connectivity index (χ1v) is 7.41. The molecule has 3 N–H and O–H groups in total. The highest BCUT2D eigenvalue weighted by atomic mass is 79.9. The number of hydrogen-bond donors (Lipinski definition) is 2. The molecule has 1 aliphatic rings. The van der Waals surface area contributed by atoms with Gasteiger partial charge in [0.1, 0.15) is 5.92 Å². The first-order valence-electron chi connectivity index (χ1n) is 6.62. The van der Waals surface area contributed by atoms with Gasteiger partial charge in [-0.3, -0.25) is 9.59 Å². The third-order valence-corrected chi connectivity index (χ3v) is 4.31. The van der Waals surface area contributed by atoms with Gasteiger partial charge in [0.25, 0.3) is 0 Å². The molecule has 1 aromatic carbocycles. The van der Waals surface area contributed by atoms with Gasteiger partial charge in [-0.1, -0.05) is 0 Å². The molecule has 1 saturated heterocycles. The summed E-state index contributed by atoms with van der Waals surface area (Å²) in [5.41, 5.74) is 6.50. The number of aliphatic carboxylic acids is 1. The molecule has 1 aromatic rings. The monoisotopic (exact) mass is 356 g/mol. The van der Waals surface area contributed by atoms with Crippen molar-refractivity contribution in [3.8, 4) is 0 Å². The molecule has 6 nitrogen and oxygen atoms in total. The summed E-state index contributed by atoms with van der Waals surface area (Å²) in [7, 11) is 0. The number of carboxylic acids is 1. The third kappa shape index (κ3) is 3.19. The van der Waals surface area contributed by atoms with Crippen LogP contribution in [0.15, 0.2) is 22.7 Å². The minimum Gasteiger partial charge on any atom is -0.481 e. The first kappa shape index (κ1) is 15.8. The number of rotatable bonds is 5. The molecular formula is C14H17BrN2O4. The van der Waals surface area contributed by atoms with Crippen molar-refractivity contribution >= 4 is 33.5 Å². The number of hydrogen-bond acceptors (Lipinski definition) is 4. The number of carbonyl (C=O) groups is 2. The van der Waals surface area contributed by atoms with Crippen molar-refractivity contribution in [1.82, 2.24) is 0 Å². The number of carbonyl (C=O) groups excluding carboxylic acids is 1. The van der Waals surface area contributed by atoms with E-state index in [0.717, 1.165) is 5.69 Å².